The maximum Gasteiger partial charge on any atom is 0.219 e. The highest BCUT2D eigenvalue weighted by atomic mass is 16.1. The molecule has 0 atom stereocenters. The van der Waals surface area contributed by atoms with Gasteiger partial charge < -0.3 is 9.88 Å². The monoisotopic (exact) mass is 302 g/mol. The number of carbonyl (C=O) groups excluding carboxylic acids is 1. The van der Waals surface area contributed by atoms with Crippen molar-refractivity contribution >= 4 is 17.1 Å². The quantitative estimate of drug-likeness (QED) is 0.815. The summed E-state index contributed by atoms with van der Waals surface area (Å²) >= 11 is 0. The van der Waals surface area contributed by atoms with Crippen LogP contribution in [0.15, 0.2) is 18.3 Å². The summed E-state index contributed by atoms with van der Waals surface area (Å²) in [4.78, 5) is 20.7. The van der Waals surface area contributed by atoms with Gasteiger partial charge >= 0.3 is 0 Å². The number of amides is 1. The maximum atomic E-state index is 11.6. The number of rotatable bonds is 8. The molecule has 0 unspecified atom stereocenters. The lowest BCUT2D eigenvalue weighted by Crippen LogP contribution is -2.22. The minimum atomic E-state index is 0.116. The first kappa shape index (κ1) is 16.5. The van der Waals surface area contributed by atoms with Crippen LogP contribution in [-0.4, -0.2) is 27.0 Å². The molecule has 0 saturated carbocycles. The molecule has 2 aromatic heterocycles. The van der Waals surface area contributed by atoms with Crippen LogP contribution < -0.4 is 5.32 Å². The van der Waals surface area contributed by atoms with Crippen LogP contribution in [0.2, 0.25) is 0 Å². The molecular formula is C17H26N4O. The van der Waals surface area contributed by atoms with Crippen molar-refractivity contribution in [2.45, 2.75) is 53.0 Å². The fourth-order valence-corrected chi connectivity index (χ4v) is 2.51. The molecule has 1 N–H and O–H groups in total. The van der Waals surface area contributed by atoms with Crippen molar-refractivity contribution in [3.05, 3.63) is 24.2 Å². The van der Waals surface area contributed by atoms with E-state index in [2.05, 4.69) is 28.7 Å². The molecule has 0 aliphatic heterocycles. The molecule has 5 heteroatoms. The van der Waals surface area contributed by atoms with Gasteiger partial charge in [-0.15, -0.1) is 0 Å². The Labute approximate surface area is 132 Å². The van der Waals surface area contributed by atoms with Gasteiger partial charge in [-0.25, -0.2) is 9.97 Å². The van der Waals surface area contributed by atoms with Crippen molar-refractivity contribution in [2.75, 3.05) is 6.54 Å². The molecule has 0 bridgehead atoms. The lowest BCUT2D eigenvalue weighted by Gasteiger charge is -2.10. The Morgan fingerprint density at radius 1 is 1.41 bits per heavy atom. The molecule has 0 aliphatic rings. The van der Waals surface area contributed by atoms with Crippen molar-refractivity contribution in [1.82, 2.24) is 19.9 Å². The van der Waals surface area contributed by atoms with Crippen LogP contribution in [0.25, 0.3) is 11.2 Å². The zero-order valence-corrected chi connectivity index (χ0v) is 13.8. The van der Waals surface area contributed by atoms with E-state index in [4.69, 9.17) is 4.98 Å². The lowest BCUT2D eigenvalue weighted by molar-refractivity contribution is -0.121. The molecular weight excluding hydrogens is 276 g/mol. The molecule has 0 aromatic carbocycles. The van der Waals surface area contributed by atoms with Crippen molar-refractivity contribution < 1.29 is 4.79 Å². The van der Waals surface area contributed by atoms with Gasteiger partial charge in [-0.3, -0.25) is 4.79 Å². The number of nitrogens with zero attached hydrogens (tertiary/aromatic N) is 3. The molecule has 22 heavy (non-hydrogen) atoms. The maximum absolute atomic E-state index is 11.6. The smallest absolute Gasteiger partial charge is 0.219 e. The standard InChI is InChI=1S/C17H26N4O/c1-4-18-16(22)9-5-8-15-20-14-7-6-11-19-17(14)21(15)12-10-13(2)3/h6-7,11,13H,4-5,8-10,12H2,1-3H3,(H,18,22). The van der Waals surface area contributed by atoms with Crippen LogP contribution >= 0.6 is 0 Å². The summed E-state index contributed by atoms with van der Waals surface area (Å²) in [5.41, 5.74) is 1.90. The van der Waals surface area contributed by atoms with Gasteiger partial charge in [0.05, 0.1) is 0 Å². The summed E-state index contributed by atoms with van der Waals surface area (Å²) in [6.45, 7) is 8.01. The average Bonchev–Trinajstić information content (AvgIpc) is 2.83. The van der Waals surface area contributed by atoms with Crippen LogP contribution in [0.3, 0.4) is 0 Å². The molecule has 2 aromatic rings. The van der Waals surface area contributed by atoms with E-state index in [0.29, 0.717) is 18.9 Å². The van der Waals surface area contributed by atoms with Crippen LogP contribution in [0.4, 0.5) is 0 Å². The van der Waals surface area contributed by atoms with E-state index in [0.717, 1.165) is 42.8 Å². The summed E-state index contributed by atoms with van der Waals surface area (Å²) in [6, 6.07) is 3.92. The first-order valence-electron chi connectivity index (χ1n) is 8.18. The minimum Gasteiger partial charge on any atom is -0.356 e. The number of hydrogen-bond acceptors (Lipinski definition) is 3. The highest BCUT2D eigenvalue weighted by Crippen LogP contribution is 2.17. The first-order chi connectivity index (χ1) is 10.6. The second-order valence-corrected chi connectivity index (χ2v) is 6.02. The third-order valence-electron chi connectivity index (χ3n) is 3.69. The Bertz CT molecular complexity index is 618. The van der Waals surface area contributed by atoms with Crippen LogP contribution in [0, 0.1) is 5.92 Å². The highest BCUT2D eigenvalue weighted by Gasteiger charge is 2.12. The predicted molar refractivity (Wildman–Crippen MR) is 88.6 cm³/mol. The third kappa shape index (κ3) is 4.29. The third-order valence-corrected chi connectivity index (χ3v) is 3.69. The van der Waals surface area contributed by atoms with Gasteiger partial charge in [-0.1, -0.05) is 13.8 Å². The van der Waals surface area contributed by atoms with E-state index in [-0.39, 0.29) is 5.91 Å². The van der Waals surface area contributed by atoms with Crippen LogP contribution in [-0.2, 0) is 17.8 Å². The fourth-order valence-electron chi connectivity index (χ4n) is 2.51. The summed E-state index contributed by atoms with van der Waals surface area (Å²) in [5, 5.41) is 2.83. The number of hydrogen-bond donors (Lipinski definition) is 1. The van der Waals surface area contributed by atoms with Crippen molar-refractivity contribution in [1.29, 1.82) is 0 Å². The second-order valence-electron chi connectivity index (χ2n) is 6.02. The molecule has 0 radical (unpaired) electrons. The second kappa shape index (κ2) is 7.92. The molecule has 2 heterocycles. The van der Waals surface area contributed by atoms with Crippen molar-refractivity contribution in [3.63, 3.8) is 0 Å². The van der Waals surface area contributed by atoms with Gasteiger partial charge in [0, 0.05) is 32.1 Å². The first-order valence-corrected chi connectivity index (χ1v) is 8.18. The number of aryl methyl sites for hydroxylation is 2. The van der Waals surface area contributed by atoms with Crippen molar-refractivity contribution in [3.8, 4) is 0 Å². The molecule has 5 nitrogen and oxygen atoms in total. The summed E-state index contributed by atoms with van der Waals surface area (Å²) in [6.07, 6.45) is 5.09. The Morgan fingerprint density at radius 2 is 2.23 bits per heavy atom. The van der Waals surface area contributed by atoms with Gasteiger partial charge in [-0.05, 0) is 37.8 Å². The Balaban J connectivity index is 2.10. The number of carbonyl (C=O) groups is 1. The normalized spacial score (nSPS) is 11.3. The summed E-state index contributed by atoms with van der Waals surface area (Å²) in [5.74, 6) is 1.80. The molecule has 120 valence electrons. The fraction of sp³-hybridized carbons (Fsp3) is 0.588. The zero-order chi connectivity index (χ0) is 15.9. The Kier molecular flexibility index (Phi) is 5.92. The van der Waals surface area contributed by atoms with Crippen molar-refractivity contribution in [2.24, 2.45) is 5.92 Å². The molecule has 0 saturated heterocycles. The number of pyridine rings is 1. The molecule has 2 rings (SSSR count). The predicted octanol–water partition coefficient (Wildman–Crippen LogP) is 2.94. The van der Waals surface area contributed by atoms with Gasteiger partial charge in [0.2, 0.25) is 5.91 Å². The lowest BCUT2D eigenvalue weighted by atomic mass is 10.1. The largest absolute Gasteiger partial charge is 0.356 e. The minimum absolute atomic E-state index is 0.116. The van der Waals surface area contributed by atoms with E-state index < -0.39 is 0 Å². The molecule has 0 spiro atoms. The van der Waals surface area contributed by atoms with E-state index in [1.807, 2.05) is 25.3 Å². The summed E-state index contributed by atoms with van der Waals surface area (Å²) in [7, 11) is 0. The van der Waals surface area contributed by atoms with E-state index in [1.165, 1.54) is 0 Å². The van der Waals surface area contributed by atoms with Gasteiger partial charge in [0.1, 0.15) is 11.3 Å². The van der Waals surface area contributed by atoms with Gasteiger partial charge in [0.25, 0.3) is 0 Å². The van der Waals surface area contributed by atoms with Crippen LogP contribution in [0.1, 0.15) is 45.9 Å². The number of imidazole rings is 1. The molecule has 0 fully saturated rings. The molecule has 1 amide bonds. The summed E-state index contributed by atoms with van der Waals surface area (Å²) < 4.78 is 2.22. The Hall–Kier alpha value is -1.91. The highest BCUT2D eigenvalue weighted by molar-refractivity contribution is 5.75. The topological polar surface area (TPSA) is 59.8 Å². The number of aromatic nitrogens is 3. The zero-order valence-electron chi connectivity index (χ0n) is 13.8. The SMILES string of the molecule is CCNC(=O)CCCc1nc2cccnc2n1CCC(C)C. The van der Waals surface area contributed by atoms with E-state index in [1.54, 1.807) is 0 Å². The van der Waals surface area contributed by atoms with Gasteiger partial charge in [-0.2, -0.15) is 0 Å². The average molecular weight is 302 g/mol. The Morgan fingerprint density at radius 3 is 2.95 bits per heavy atom. The van der Waals surface area contributed by atoms with Crippen LogP contribution in [0.5, 0.6) is 0 Å². The number of nitrogens with one attached hydrogen (secondary N) is 1. The van der Waals surface area contributed by atoms with E-state index in [9.17, 15) is 4.79 Å². The number of fused-ring (bicyclic) bond motifs is 1. The van der Waals surface area contributed by atoms with E-state index >= 15 is 0 Å². The molecule has 0 aliphatic carbocycles. The van der Waals surface area contributed by atoms with Gasteiger partial charge in [0.15, 0.2) is 5.65 Å².